The van der Waals surface area contributed by atoms with Crippen LogP contribution in [0.4, 0.5) is 0 Å². The number of hydrogen-bond donors (Lipinski definition) is 1. The molecule has 1 aliphatic heterocycles. The summed E-state index contributed by atoms with van der Waals surface area (Å²) in [5.41, 5.74) is 0.670. The molecule has 1 fully saturated rings. The maximum Gasteiger partial charge on any atom is 0.309 e. The molecule has 2 rings (SSSR count). The fourth-order valence-corrected chi connectivity index (χ4v) is 2.81. The van der Waals surface area contributed by atoms with Gasteiger partial charge in [0.2, 0.25) is 5.91 Å². The van der Waals surface area contributed by atoms with E-state index in [1.165, 1.54) is 0 Å². The molecule has 1 heterocycles. The van der Waals surface area contributed by atoms with Gasteiger partial charge in [-0.25, -0.2) is 0 Å². The Morgan fingerprint density at radius 1 is 1.50 bits per heavy atom. The number of methoxy groups -OCH3 is 1. The molecule has 6 heteroatoms. The fourth-order valence-electron chi connectivity index (χ4n) is 2.56. The second-order valence-corrected chi connectivity index (χ2v) is 5.10. The highest BCUT2D eigenvalue weighted by Gasteiger charge is 2.45. The summed E-state index contributed by atoms with van der Waals surface area (Å²) in [6.45, 7) is 0.716. The molecule has 0 bridgehead atoms. The predicted octanol–water partition coefficient (Wildman–Crippen LogP) is 1.96. The van der Waals surface area contributed by atoms with Crippen LogP contribution < -0.4 is 0 Å². The van der Waals surface area contributed by atoms with Gasteiger partial charge >= 0.3 is 5.97 Å². The Labute approximate surface area is 122 Å². The van der Waals surface area contributed by atoms with Crippen LogP contribution in [0.15, 0.2) is 24.3 Å². The van der Waals surface area contributed by atoms with Gasteiger partial charge < -0.3 is 14.7 Å². The zero-order chi connectivity index (χ0) is 14.7. The number of hydrogen-bond acceptors (Lipinski definition) is 3. The molecule has 0 unspecified atom stereocenters. The van der Waals surface area contributed by atoms with E-state index in [0.717, 1.165) is 0 Å². The van der Waals surface area contributed by atoms with Gasteiger partial charge in [0.25, 0.3) is 0 Å². The molecule has 5 nitrogen and oxygen atoms in total. The SMILES string of the molecule is COCCN1C(=O)C[C@@H](C(=O)O)[C@@H]1c1ccccc1Cl. The third kappa shape index (κ3) is 2.78. The number of nitrogens with zero attached hydrogens (tertiary/aromatic N) is 1. The van der Waals surface area contributed by atoms with Crippen LogP contribution in [-0.2, 0) is 14.3 Å². The smallest absolute Gasteiger partial charge is 0.309 e. The molecule has 0 radical (unpaired) electrons. The number of aliphatic carboxylic acids is 1. The van der Waals surface area contributed by atoms with Gasteiger partial charge in [0.1, 0.15) is 0 Å². The van der Waals surface area contributed by atoms with Gasteiger partial charge in [-0.05, 0) is 11.6 Å². The van der Waals surface area contributed by atoms with Crippen LogP contribution in [0, 0.1) is 5.92 Å². The number of amides is 1. The Hall–Kier alpha value is -1.59. The third-order valence-corrected chi connectivity index (χ3v) is 3.85. The first-order valence-corrected chi connectivity index (χ1v) is 6.69. The molecular weight excluding hydrogens is 282 g/mol. The predicted molar refractivity (Wildman–Crippen MR) is 73.5 cm³/mol. The lowest BCUT2D eigenvalue weighted by Crippen LogP contribution is -2.33. The van der Waals surface area contributed by atoms with Crippen molar-refractivity contribution in [2.24, 2.45) is 5.92 Å². The van der Waals surface area contributed by atoms with E-state index in [9.17, 15) is 14.7 Å². The molecule has 0 aromatic heterocycles. The monoisotopic (exact) mass is 297 g/mol. The zero-order valence-electron chi connectivity index (χ0n) is 11.1. The average molecular weight is 298 g/mol. The second kappa shape index (κ2) is 6.24. The van der Waals surface area contributed by atoms with Gasteiger partial charge in [-0.3, -0.25) is 9.59 Å². The summed E-state index contributed by atoms with van der Waals surface area (Å²) in [4.78, 5) is 25.0. The van der Waals surface area contributed by atoms with E-state index in [-0.39, 0.29) is 12.3 Å². The molecule has 2 atom stereocenters. The topological polar surface area (TPSA) is 66.8 Å². The summed E-state index contributed by atoms with van der Waals surface area (Å²) in [5.74, 6) is -1.94. The van der Waals surface area contributed by atoms with Crippen molar-refractivity contribution in [2.75, 3.05) is 20.3 Å². The number of carboxylic acids is 1. The quantitative estimate of drug-likeness (QED) is 0.902. The van der Waals surface area contributed by atoms with Crippen molar-refractivity contribution >= 4 is 23.5 Å². The molecule has 1 aromatic carbocycles. The average Bonchev–Trinajstić information content (AvgIpc) is 2.74. The van der Waals surface area contributed by atoms with Crippen LogP contribution in [0.3, 0.4) is 0 Å². The molecule has 1 aromatic rings. The van der Waals surface area contributed by atoms with Crippen LogP contribution in [0.5, 0.6) is 0 Å². The summed E-state index contributed by atoms with van der Waals surface area (Å²) in [5, 5.41) is 9.82. The van der Waals surface area contributed by atoms with E-state index in [1.807, 2.05) is 0 Å². The number of carboxylic acid groups (broad SMARTS) is 1. The highest BCUT2D eigenvalue weighted by molar-refractivity contribution is 6.31. The molecule has 20 heavy (non-hydrogen) atoms. The van der Waals surface area contributed by atoms with E-state index in [2.05, 4.69) is 0 Å². The van der Waals surface area contributed by atoms with Crippen LogP contribution in [0.25, 0.3) is 0 Å². The minimum absolute atomic E-state index is 0.00502. The Bertz CT molecular complexity index is 520. The fraction of sp³-hybridized carbons (Fsp3) is 0.429. The first kappa shape index (κ1) is 14.8. The highest BCUT2D eigenvalue weighted by atomic mass is 35.5. The first-order valence-electron chi connectivity index (χ1n) is 6.32. The Balaban J connectivity index is 2.38. The summed E-state index contributed by atoms with van der Waals surface area (Å²) in [6.07, 6.45) is -0.00502. The van der Waals surface area contributed by atoms with Crippen molar-refractivity contribution in [3.8, 4) is 0 Å². The normalized spacial score (nSPS) is 22.3. The molecule has 0 saturated carbocycles. The summed E-state index contributed by atoms with van der Waals surface area (Å²) < 4.78 is 4.99. The maximum atomic E-state index is 12.1. The summed E-state index contributed by atoms with van der Waals surface area (Å²) in [6, 6.07) is 6.49. The van der Waals surface area contributed by atoms with Gasteiger partial charge in [0.05, 0.1) is 18.6 Å². The van der Waals surface area contributed by atoms with E-state index in [1.54, 1.807) is 36.3 Å². The number of ether oxygens (including phenoxy) is 1. The number of carbonyl (C=O) groups is 2. The maximum absolute atomic E-state index is 12.1. The number of halogens is 1. The summed E-state index contributed by atoms with van der Waals surface area (Å²) in [7, 11) is 1.54. The van der Waals surface area contributed by atoms with Crippen LogP contribution in [0.1, 0.15) is 18.0 Å². The van der Waals surface area contributed by atoms with E-state index in [4.69, 9.17) is 16.3 Å². The lowest BCUT2D eigenvalue weighted by atomic mass is 9.93. The van der Waals surface area contributed by atoms with Crippen molar-refractivity contribution in [2.45, 2.75) is 12.5 Å². The molecule has 1 amide bonds. The molecular formula is C14H16ClNO4. The van der Waals surface area contributed by atoms with Crippen LogP contribution >= 0.6 is 11.6 Å². The lowest BCUT2D eigenvalue weighted by molar-refractivity contribution is -0.142. The van der Waals surface area contributed by atoms with Gasteiger partial charge in [-0.1, -0.05) is 29.8 Å². The van der Waals surface area contributed by atoms with Gasteiger partial charge in [0, 0.05) is 25.1 Å². The Morgan fingerprint density at radius 3 is 2.80 bits per heavy atom. The van der Waals surface area contributed by atoms with Crippen molar-refractivity contribution in [1.29, 1.82) is 0 Å². The number of rotatable bonds is 5. The molecule has 0 aliphatic carbocycles. The van der Waals surface area contributed by atoms with E-state index in [0.29, 0.717) is 23.7 Å². The summed E-state index contributed by atoms with van der Waals surface area (Å²) >= 11 is 6.16. The van der Waals surface area contributed by atoms with Crippen molar-refractivity contribution in [1.82, 2.24) is 4.90 Å². The minimum Gasteiger partial charge on any atom is -0.481 e. The van der Waals surface area contributed by atoms with E-state index < -0.39 is 17.9 Å². The number of likely N-dealkylation sites (tertiary alicyclic amines) is 1. The Morgan fingerprint density at radius 2 is 2.20 bits per heavy atom. The van der Waals surface area contributed by atoms with Crippen LogP contribution in [0.2, 0.25) is 5.02 Å². The molecule has 108 valence electrons. The first-order chi connectivity index (χ1) is 9.56. The molecule has 1 aliphatic rings. The van der Waals surface area contributed by atoms with E-state index >= 15 is 0 Å². The van der Waals surface area contributed by atoms with Gasteiger partial charge in [-0.2, -0.15) is 0 Å². The minimum atomic E-state index is -0.983. The number of benzene rings is 1. The van der Waals surface area contributed by atoms with Crippen LogP contribution in [-0.4, -0.2) is 42.1 Å². The molecule has 1 saturated heterocycles. The highest BCUT2D eigenvalue weighted by Crippen LogP contribution is 2.40. The largest absolute Gasteiger partial charge is 0.481 e. The zero-order valence-corrected chi connectivity index (χ0v) is 11.8. The van der Waals surface area contributed by atoms with Crippen molar-refractivity contribution < 1.29 is 19.4 Å². The van der Waals surface area contributed by atoms with Gasteiger partial charge in [0.15, 0.2) is 0 Å². The third-order valence-electron chi connectivity index (χ3n) is 3.51. The Kier molecular flexibility index (Phi) is 4.62. The van der Waals surface area contributed by atoms with Crippen molar-refractivity contribution in [3.63, 3.8) is 0 Å². The number of carbonyl (C=O) groups excluding carboxylic acids is 1. The standard InChI is InChI=1S/C14H16ClNO4/c1-20-7-6-16-12(17)8-10(14(18)19)13(16)9-4-2-3-5-11(9)15/h2-5,10,13H,6-8H2,1H3,(H,18,19)/t10-,13+/m1/s1. The second-order valence-electron chi connectivity index (χ2n) is 4.70. The lowest BCUT2D eigenvalue weighted by Gasteiger charge is -2.27. The van der Waals surface area contributed by atoms with Gasteiger partial charge in [-0.15, -0.1) is 0 Å². The molecule has 1 N–H and O–H groups in total. The van der Waals surface area contributed by atoms with Crippen molar-refractivity contribution in [3.05, 3.63) is 34.9 Å². The molecule has 0 spiro atoms.